The van der Waals surface area contributed by atoms with E-state index < -0.39 is 0 Å². The Kier molecular flexibility index (Phi) is 4.55. The maximum atomic E-state index is 12.3. The van der Waals surface area contributed by atoms with E-state index in [4.69, 9.17) is 9.47 Å². The molecule has 0 fully saturated rings. The zero-order valence-electron chi connectivity index (χ0n) is 15.4. The molecule has 1 aliphatic rings. The van der Waals surface area contributed by atoms with Crippen LogP contribution in [0.25, 0.3) is 11.1 Å². The molecule has 1 aliphatic heterocycles. The molecular weight excluding hydrogens is 338 g/mol. The predicted molar refractivity (Wildman–Crippen MR) is 107 cm³/mol. The molecule has 0 aromatic heterocycles. The lowest BCUT2D eigenvalue weighted by Crippen LogP contribution is -2.23. The molecule has 27 heavy (non-hydrogen) atoms. The van der Waals surface area contributed by atoms with E-state index in [0.717, 1.165) is 22.4 Å². The molecule has 1 atom stereocenters. The Morgan fingerprint density at radius 3 is 2.15 bits per heavy atom. The Morgan fingerprint density at radius 1 is 0.852 bits per heavy atom. The zero-order chi connectivity index (χ0) is 18.8. The highest BCUT2D eigenvalue weighted by molar-refractivity contribution is 5.96. The van der Waals surface area contributed by atoms with Crippen LogP contribution in [-0.2, 0) is 4.79 Å². The van der Waals surface area contributed by atoms with E-state index in [1.807, 2.05) is 30.3 Å². The van der Waals surface area contributed by atoms with Crippen molar-refractivity contribution in [2.45, 2.75) is 12.3 Å². The molecule has 4 rings (SSSR count). The van der Waals surface area contributed by atoms with Crippen LogP contribution in [0.4, 0.5) is 5.69 Å². The van der Waals surface area contributed by atoms with Gasteiger partial charge in [-0.05, 0) is 28.3 Å². The molecule has 1 N–H and O–H groups in total. The number of carbonyl (C=O) groups excluding carboxylic acids is 1. The first-order valence-electron chi connectivity index (χ1n) is 8.90. The summed E-state index contributed by atoms with van der Waals surface area (Å²) in [5.74, 6) is 1.26. The van der Waals surface area contributed by atoms with Gasteiger partial charge in [-0.15, -0.1) is 0 Å². The van der Waals surface area contributed by atoms with Crippen LogP contribution >= 0.6 is 0 Å². The van der Waals surface area contributed by atoms with Crippen molar-refractivity contribution in [1.29, 1.82) is 0 Å². The van der Waals surface area contributed by atoms with Crippen LogP contribution in [0.3, 0.4) is 0 Å². The van der Waals surface area contributed by atoms with Crippen LogP contribution in [0.1, 0.15) is 23.5 Å². The van der Waals surface area contributed by atoms with Crippen LogP contribution in [-0.4, -0.2) is 20.1 Å². The SMILES string of the molecule is COc1cc2c(cc1OC)[C@H](c1ccc(-c3ccccc3)cc1)CC(=O)N2. The third kappa shape index (κ3) is 3.26. The molecule has 1 heterocycles. The number of carbonyl (C=O) groups is 1. The van der Waals surface area contributed by atoms with Gasteiger partial charge in [0.05, 0.1) is 14.2 Å². The minimum absolute atomic E-state index is 0.00635. The largest absolute Gasteiger partial charge is 0.493 e. The smallest absolute Gasteiger partial charge is 0.225 e. The fraction of sp³-hybridized carbons (Fsp3) is 0.174. The molecule has 4 heteroatoms. The Labute approximate surface area is 158 Å². The molecule has 0 saturated carbocycles. The summed E-state index contributed by atoms with van der Waals surface area (Å²) >= 11 is 0. The summed E-state index contributed by atoms with van der Waals surface area (Å²) in [4.78, 5) is 12.3. The van der Waals surface area contributed by atoms with Gasteiger partial charge in [-0.3, -0.25) is 4.79 Å². The predicted octanol–water partition coefficient (Wildman–Crippen LogP) is 4.84. The average Bonchev–Trinajstić information content (AvgIpc) is 2.73. The summed E-state index contributed by atoms with van der Waals surface area (Å²) in [7, 11) is 3.21. The van der Waals surface area contributed by atoms with Crippen LogP contribution in [0.5, 0.6) is 11.5 Å². The van der Waals surface area contributed by atoms with Crippen molar-refractivity contribution >= 4 is 11.6 Å². The average molecular weight is 359 g/mol. The third-order valence-corrected chi connectivity index (χ3v) is 5.01. The zero-order valence-corrected chi connectivity index (χ0v) is 15.4. The van der Waals surface area contributed by atoms with Gasteiger partial charge in [0.2, 0.25) is 5.91 Å². The molecular formula is C23H21NO3. The summed E-state index contributed by atoms with van der Waals surface area (Å²) in [6.07, 6.45) is 0.410. The first-order valence-corrected chi connectivity index (χ1v) is 8.90. The molecule has 4 nitrogen and oxygen atoms in total. The molecule has 0 saturated heterocycles. The number of rotatable bonds is 4. The highest BCUT2D eigenvalue weighted by Gasteiger charge is 2.28. The normalized spacial score (nSPS) is 15.6. The number of anilines is 1. The second-order valence-corrected chi connectivity index (χ2v) is 6.59. The number of ether oxygens (including phenoxy) is 2. The van der Waals surface area contributed by atoms with Crippen molar-refractivity contribution < 1.29 is 14.3 Å². The number of hydrogen-bond donors (Lipinski definition) is 1. The second-order valence-electron chi connectivity index (χ2n) is 6.59. The molecule has 0 bridgehead atoms. The van der Waals surface area contributed by atoms with Crippen LogP contribution in [0, 0.1) is 0 Å². The number of amides is 1. The van der Waals surface area contributed by atoms with Crippen molar-refractivity contribution in [2.24, 2.45) is 0 Å². The number of hydrogen-bond acceptors (Lipinski definition) is 3. The fourth-order valence-electron chi connectivity index (χ4n) is 3.62. The first-order chi connectivity index (χ1) is 13.2. The van der Waals surface area contributed by atoms with Crippen LogP contribution in [0.2, 0.25) is 0 Å². The van der Waals surface area contributed by atoms with Crippen LogP contribution in [0.15, 0.2) is 66.7 Å². The summed E-state index contributed by atoms with van der Waals surface area (Å²) in [5.41, 5.74) is 5.27. The lowest BCUT2D eigenvalue weighted by Gasteiger charge is -2.27. The van der Waals surface area contributed by atoms with Gasteiger partial charge in [0, 0.05) is 24.1 Å². The topological polar surface area (TPSA) is 47.6 Å². The second kappa shape index (κ2) is 7.16. The van der Waals surface area contributed by atoms with Gasteiger partial charge in [-0.2, -0.15) is 0 Å². The highest BCUT2D eigenvalue weighted by Crippen LogP contribution is 2.43. The maximum Gasteiger partial charge on any atom is 0.225 e. The van der Waals surface area contributed by atoms with Crippen LogP contribution < -0.4 is 14.8 Å². The highest BCUT2D eigenvalue weighted by atomic mass is 16.5. The van der Waals surface area contributed by atoms with E-state index in [0.29, 0.717) is 17.9 Å². The summed E-state index contributed by atoms with van der Waals surface area (Å²) in [6, 6.07) is 22.5. The Bertz CT molecular complexity index is 965. The maximum absolute atomic E-state index is 12.3. The first kappa shape index (κ1) is 17.2. The number of benzene rings is 3. The standard InChI is InChI=1S/C23H21NO3/c1-26-21-12-19-18(13-23(25)24-20(19)14-22(21)27-2)17-10-8-16(9-11-17)15-6-4-3-5-7-15/h3-12,14,18H,13H2,1-2H3,(H,24,25)/t18-/m0/s1. The molecule has 0 spiro atoms. The van der Waals surface area contributed by atoms with Crippen molar-refractivity contribution in [1.82, 2.24) is 0 Å². The summed E-state index contributed by atoms with van der Waals surface area (Å²) in [5, 5.41) is 2.95. The lowest BCUT2D eigenvalue weighted by atomic mass is 9.84. The van der Waals surface area contributed by atoms with Crippen molar-refractivity contribution in [2.75, 3.05) is 19.5 Å². The Hall–Kier alpha value is -3.27. The van der Waals surface area contributed by atoms with Crippen molar-refractivity contribution in [3.05, 3.63) is 77.9 Å². The van der Waals surface area contributed by atoms with Gasteiger partial charge < -0.3 is 14.8 Å². The van der Waals surface area contributed by atoms with Gasteiger partial charge >= 0.3 is 0 Å². The van der Waals surface area contributed by atoms with Gasteiger partial charge in [-0.1, -0.05) is 54.6 Å². The molecule has 3 aromatic rings. The van der Waals surface area contributed by atoms with Gasteiger partial charge in [-0.25, -0.2) is 0 Å². The quantitative estimate of drug-likeness (QED) is 0.725. The summed E-state index contributed by atoms with van der Waals surface area (Å²) < 4.78 is 10.8. The van der Waals surface area contributed by atoms with E-state index >= 15 is 0 Å². The van der Waals surface area contributed by atoms with Crippen molar-refractivity contribution in [3.63, 3.8) is 0 Å². The van der Waals surface area contributed by atoms with E-state index in [9.17, 15) is 4.79 Å². The van der Waals surface area contributed by atoms with Gasteiger partial charge in [0.15, 0.2) is 11.5 Å². The molecule has 0 unspecified atom stereocenters. The fourth-order valence-corrected chi connectivity index (χ4v) is 3.62. The van der Waals surface area contributed by atoms with E-state index in [1.54, 1.807) is 14.2 Å². The number of nitrogens with one attached hydrogen (secondary N) is 1. The molecule has 136 valence electrons. The molecule has 0 aliphatic carbocycles. The van der Waals surface area contributed by atoms with E-state index in [1.165, 1.54) is 5.56 Å². The minimum Gasteiger partial charge on any atom is -0.493 e. The minimum atomic E-state index is -0.0154. The number of methoxy groups -OCH3 is 2. The molecule has 0 radical (unpaired) electrons. The Morgan fingerprint density at radius 2 is 1.48 bits per heavy atom. The van der Waals surface area contributed by atoms with Gasteiger partial charge in [0.1, 0.15) is 0 Å². The summed E-state index contributed by atoms with van der Waals surface area (Å²) in [6.45, 7) is 0. The lowest BCUT2D eigenvalue weighted by molar-refractivity contribution is -0.116. The monoisotopic (exact) mass is 359 g/mol. The third-order valence-electron chi connectivity index (χ3n) is 5.01. The molecule has 1 amide bonds. The molecule has 3 aromatic carbocycles. The van der Waals surface area contributed by atoms with E-state index in [2.05, 4.69) is 41.7 Å². The van der Waals surface area contributed by atoms with E-state index in [-0.39, 0.29) is 11.8 Å². The van der Waals surface area contributed by atoms with Crippen molar-refractivity contribution in [3.8, 4) is 22.6 Å². The van der Waals surface area contributed by atoms with Gasteiger partial charge in [0.25, 0.3) is 0 Å². The Balaban J connectivity index is 1.73. The number of fused-ring (bicyclic) bond motifs is 1.